The number of nitrogens with zero attached hydrogens (tertiary/aromatic N) is 4. The number of nitrogens with one attached hydrogen (secondary N) is 1. The average molecular weight is 484 g/mol. The summed E-state index contributed by atoms with van der Waals surface area (Å²) in [6, 6.07) is 4.34. The van der Waals surface area contributed by atoms with Gasteiger partial charge in [-0.3, -0.25) is 9.36 Å². The van der Waals surface area contributed by atoms with Crippen molar-refractivity contribution < 1.29 is 17.6 Å². The minimum atomic E-state index is -3.85. The molecule has 1 atom stereocenters. The summed E-state index contributed by atoms with van der Waals surface area (Å²) in [6.07, 6.45) is 1.15. The first-order chi connectivity index (χ1) is 14.8. The maximum atomic E-state index is 13.2. The van der Waals surface area contributed by atoms with E-state index in [-0.39, 0.29) is 22.9 Å². The highest BCUT2D eigenvalue weighted by Gasteiger charge is 2.34. The number of rotatable bonds is 6. The topological polar surface area (TPSA) is 127 Å². The highest BCUT2D eigenvalue weighted by atomic mass is 32.2. The summed E-state index contributed by atoms with van der Waals surface area (Å²) < 4.78 is 34.8. The Morgan fingerprint density at radius 2 is 2.19 bits per heavy atom. The maximum Gasteiger partial charge on any atom is 0.419 e. The zero-order valence-electron chi connectivity index (χ0n) is 16.9. The van der Waals surface area contributed by atoms with Crippen molar-refractivity contribution in [3.63, 3.8) is 0 Å². The standard InChI is InChI=1S/C18H21N5O5S3/c1-3-29-17-21-20-16(30-17)19-15(24)11-5-4-8-23(10-11)31(26,27)12-6-7-13-14(9-12)28-18(25)22(13)2/h6-7,9,11H,3-5,8,10H2,1-2H3,(H,19,20,24). The summed E-state index contributed by atoms with van der Waals surface area (Å²) in [5, 5.41) is 11.1. The van der Waals surface area contributed by atoms with Gasteiger partial charge < -0.3 is 9.73 Å². The molecular weight excluding hydrogens is 462 g/mol. The van der Waals surface area contributed by atoms with Crippen LogP contribution in [-0.4, -0.2) is 52.2 Å². The summed E-state index contributed by atoms with van der Waals surface area (Å²) in [7, 11) is -2.29. The van der Waals surface area contributed by atoms with Crippen LogP contribution in [-0.2, 0) is 21.9 Å². The van der Waals surface area contributed by atoms with Gasteiger partial charge in [-0.1, -0.05) is 30.0 Å². The number of thioether (sulfide) groups is 1. The highest BCUT2D eigenvalue weighted by Crippen LogP contribution is 2.28. The third-order valence-corrected chi connectivity index (χ3v) is 8.78. The Kier molecular flexibility index (Phi) is 6.19. The molecule has 0 spiro atoms. The average Bonchev–Trinajstić information content (AvgIpc) is 3.31. The summed E-state index contributed by atoms with van der Waals surface area (Å²) >= 11 is 2.84. The second-order valence-electron chi connectivity index (χ2n) is 7.05. The van der Waals surface area contributed by atoms with Crippen molar-refractivity contribution in [1.82, 2.24) is 19.1 Å². The van der Waals surface area contributed by atoms with Gasteiger partial charge in [0.25, 0.3) is 0 Å². The number of amides is 1. The fourth-order valence-corrected chi connectivity index (χ4v) is 6.64. The first-order valence-electron chi connectivity index (χ1n) is 9.66. The van der Waals surface area contributed by atoms with Crippen LogP contribution in [0.4, 0.5) is 5.13 Å². The second kappa shape index (κ2) is 8.73. The summed E-state index contributed by atoms with van der Waals surface area (Å²) in [5.74, 6) is -0.464. The number of aromatic nitrogens is 3. The minimum Gasteiger partial charge on any atom is -0.408 e. The molecule has 1 aliphatic heterocycles. The molecule has 0 bridgehead atoms. The molecule has 166 valence electrons. The van der Waals surface area contributed by atoms with Gasteiger partial charge in [0, 0.05) is 26.2 Å². The second-order valence-corrected chi connectivity index (χ2v) is 11.5. The predicted octanol–water partition coefficient (Wildman–Crippen LogP) is 2.13. The van der Waals surface area contributed by atoms with Crippen molar-refractivity contribution in [2.45, 2.75) is 29.0 Å². The maximum absolute atomic E-state index is 13.2. The molecule has 0 saturated carbocycles. The van der Waals surface area contributed by atoms with Crippen LogP contribution >= 0.6 is 23.1 Å². The van der Waals surface area contributed by atoms with Gasteiger partial charge in [-0.25, -0.2) is 13.2 Å². The van der Waals surface area contributed by atoms with Crippen LogP contribution in [0.3, 0.4) is 0 Å². The number of benzene rings is 1. The van der Waals surface area contributed by atoms with Crippen LogP contribution < -0.4 is 11.1 Å². The lowest BCUT2D eigenvalue weighted by Crippen LogP contribution is -2.43. The van der Waals surface area contributed by atoms with Crippen LogP contribution in [0.5, 0.6) is 0 Å². The molecule has 31 heavy (non-hydrogen) atoms. The molecule has 1 amide bonds. The zero-order valence-corrected chi connectivity index (χ0v) is 19.3. The van der Waals surface area contributed by atoms with Crippen LogP contribution in [0.15, 0.2) is 36.6 Å². The van der Waals surface area contributed by atoms with E-state index in [2.05, 4.69) is 15.5 Å². The Bertz CT molecular complexity index is 1280. The summed E-state index contributed by atoms with van der Waals surface area (Å²) in [6.45, 7) is 2.39. The first-order valence-corrected chi connectivity index (χ1v) is 12.9. The fraction of sp³-hybridized carbons (Fsp3) is 0.444. The van der Waals surface area contributed by atoms with Crippen molar-refractivity contribution >= 4 is 55.3 Å². The molecule has 1 saturated heterocycles. The molecule has 3 heterocycles. The molecule has 0 radical (unpaired) electrons. The van der Waals surface area contributed by atoms with E-state index in [1.54, 1.807) is 24.9 Å². The van der Waals surface area contributed by atoms with Crippen LogP contribution in [0, 0.1) is 5.92 Å². The molecule has 4 rings (SSSR count). The normalized spacial score (nSPS) is 17.8. The van der Waals surface area contributed by atoms with E-state index in [9.17, 15) is 18.0 Å². The van der Waals surface area contributed by atoms with Gasteiger partial charge in [0.1, 0.15) is 0 Å². The van der Waals surface area contributed by atoms with Gasteiger partial charge in [0.05, 0.1) is 16.3 Å². The van der Waals surface area contributed by atoms with E-state index < -0.39 is 21.7 Å². The molecule has 1 unspecified atom stereocenters. The molecule has 1 fully saturated rings. The minimum absolute atomic E-state index is 0.0285. The number of carbonyl (C=O) groups is 1. The molecule has 1 aromatic carbocycles. The van der Waals surface area contributed by atoms with Crippen molar-refractivity contribution in [2.24, 2.45) is 13.0 Å². The molecule has 13 heteroatoms. The number of hydrogen-bond acceptors (Lipinski definition) is 9. The van der Waals surface area contributed by atoms with Crippen LogP contribution in [0.25, 0.3) is 11.1 Å². The van der Waals surface area contributed by atoms with Crippen molar-refractivity contribution in [1.29, 1.82) is 0 Å². The quantitative estimate of drug-likeness (QED) is 0.417. The Labute approximate surface area is 186 Å². The lowest BCUT2D eigenvalue weighted by atomic mass is 9.99. The van der Waals surface area contributed by atoms with Crippen LogP contribution in [0.1, 0.15) is 19.8 Å². The molecule has 3 aromatic rings. The monoisotopic (exact) mass is 483 g/mol. The highest BCUT2D eigenvalue weighted by molar-refractivity contribution is 8.01. The van der Waals surface area contributed by atoms with Gasteiger partial charge in [0.15, 0.2) is 9.92 Å². The SMILES string of the molecule is CCSc1nnc(NC(=O)C2CCCN(S(=O)(=O)c3ccc4c(c3)oc(=O)n4C)C2)s1. The molecule has 1 N–H and O–H groups in total. The van der Waals surface area contributed by atoms with Gasteiger partial charge in [-0.15, -0.1) is 10.2 Å². The predicted molar refractivity (Wildman–Crippen MR) is 118 cm³/mol. The third-order valence-electron chi connectivity index (χ3n) is 5.06. The Hall–Kier alpha value is -2.22. The van der Waals surface area contributed by atoms with Crippen molar-refractivity contribution in [3.8, 4) is 0 Å². The largest absolute Gasteiger partial charge is 0.419 e. The number of piperidine rings is 1. The number of fused-ring (bicyclic) bond motifs is 1. The number of aryl methyl sites for hydroxylation is 1. The van der Waals surface area contributed by atoms with Gasteiger partial charge in [-0.2, -0.15) is 4.31 Å². The summed E-state index contributed by atoms with van der Waals surface area (Å²) in [5.41, 5.74) is 0.717. The van der Waals surface area contributed by atoms with Gasteiger partial charge in [-0.05, 0) is 30.7 Å². The van der Waals surface area contributed by atoms with Crippen molar-refractivity contribution in [2.75, 3.05) is 24.2 Å². The smallest absolute Gasteiger partial charge is 0.408 e. The van der Waals surface area contributed by atoms with Gasteiger partial charge in [0.2, 0.25) is 21.1 Å². The van der Waals surface area contributed by atoms with Crippen LogP contribution in [0.2, 0.25) is 0 Å². The number of sulfonamides is 1. The zero-order chi connectivity index (χ0) is 22.2. The van der Waals surface area contributed by atoms with E-state index in [4.69, 9.17) is 4.42 Å². The first kappa shape index (κ1) is 22.0. The van der Waals surface area contributed by atoms with E-state index in [1.807, 2.05) is 6.92 Å². The Balaban J connectivity index is 1.50. The number of oxazole rings is 1. The number of hydrogen-bond donors (Lipinski definition) is 1. The lowest BCUT2D eigenvalue weighted by Gasteiger charge is -2.31. The Morgan fingerprint density at radius 3 is 2.97 bits per heavy atom. The molecule has 10 nitrogen and oxygen atoms in total. The number of carbonyl (C=O) groups excluding carboxylic acids is 1. The molecule has 2 aromatic heterocycles. The van der Waals surface area contributed by atoms with E-state index in [0.717, 1.165) is 10.1 Å². The lowest BCUT2D eigenvalue weighted by molar-refractivity contribution is -0.120. The third kappa shape index (κ3) is 4.40. The molecule has 1 aliphatic rings. The van der Waals surface area contributed by atoms with Crippen molar-refractivity contribution in [3.05, 3.63) is 28.7 Å². The van der Waals surface area contributed by atoms with E-state index in [0.29, 0.717) is 30.0 Å². The Morgan fingerprint density at radius 1 is 1.39 bits per heavy atom. The molecular formula is C18H21N5O5S3. The fourth-order valence-electron chi connectivity index (χ4n) is 3.45. The van der Waals surface area contributed by atoms with E-state index in [1.165, 1.54) is 32.3 Å². The number of anilines is 1. The molecule has 0 aliphatic carbocycles. The van der Waals surface area contributed by atoms with Gasteiger partial charge >= 0.3 is 5.76 Å². The summed E-state index contributed by atoms with van der Waals surface area (Å²) in [4.78, 5) is 24.4. The van der Waals surface area contributed by atoms with E-state index >= 15 is 0 Å².